The number of aliphatic hydroxyl groups is 2. The summed E-state index contributed by atoms with van der Waals surface area (Å²) in [7, 11) is 0. The first-order valence-electron chi connectivity index (χ1n) is 10.2. The van der Waals surface area contributed by atoms with E-state index in [0.717, 1.165) is 36.8 Å². The Morgan fingerprint density at radius 3 is 2.34 bits per heavy atom. The Kier molecular flexibility index (Phi) is 7.08. The number of aliphatic hydroxyl groups excluding tert-OH is 2. The van der Waals surface area contributed by atoms with Crippen molar-refractivity contribution >= 4 is 16.6 Å². The van der Waals surface area contributed by atoms with Crippen LogP contribution in [0.4, 0.5) is 18.9 Å². The number of benzene rings is 1. The van der Waals surface area contributed by atoms with Crippen LogP contribution in [-0.2, 0) is 6.54 Å². The van der Waals surface area contributed by atoms with Crippen LogP contribution >= 0.6 is 0 Å². The topological polar surface area (TPSA) is 60.7 Å². The SMILES string of the molecule is Cc1cc2c(NC3CCC(N(CCO)CCO)CC3)cccc2n1CC(F)(F)F. The van der Waals surface area contributed by atoms with Gasteiger partial charge in [-0.15, -0.1) is 0 Å². The summed E-state index contributed by atoms with van der Waals surface area (Å²) in [5.41, 5.74) is 2.06. The number of alkyl halides is 3. The van der Waals surface area contributed by atoms with Crippen molar-refractivity contribution in [3.63, 3.8) is 0 Å². The second kappa shape index (κ2) is 9.36. The molecule has 162 valence electrons. The van der Waals surface area contributed by atoms with Gasteiger partial charge in [0.25, 0.3) is 0 Å². The van der Waals surface area contributed by atoms with Crippen molar-refractivity contribution in [2.45, 2.75) is 57.4 Å². The van der Waals surface area contributed by atoms with Gasteiger partial charge in [-0.25, -0.2) is 0 Å². The number of nitrogens with zero attached hydrogens (tertiary/aromatic N) is 2. The van der Waals surface area contributed by atoms with Crippen molar-refractivity contribution in [3.05, 3.63) is 30.0 Å². The molecule has 1 aliphatic rings. The standard InChI is InChI=1S/C21H30F3N3O2/c1-15-13-18-19(3-2-4-20(18)27(15)14-21(22,23)24)25-16-5-7-17(8-6-16)26(9-11-28)10-12-29/h2-4,13,16-17,25,28-29H,5-12,14H2,1H3. The molecule has 0 amide bonds. The van der Waals surface area contributed by atoms with E-state index in [1.807, 2.05) is 12.1 Å². The highest BCUT2D eigenvalue weighted by Crippen LogP contribution is 2.32. The summed E-state index contributed by atoms with van der Waals surface area (Å²) in [5.74, 6) is 0. The van der Waals surface area contributed by atoms with Crippen LogP contribution in [-0.4, -0.2) is 64.2 Å². The third-order valence-electron chi connectivity index (χ3n) is 5.84. The van der Waals surface area contributed by atoms with Crippen LogP contribution in [0.1, 0.15) is 31.4 Å². The number of fused-ring (bicyclic) bond motifs is 1. The van der Waals surface area contributed by atoms with Gasteiger partial charge in [-0.1, -0.05) is 6.07 Å². The fourth-order valence-electron chi connectivity index (χ4n) is 4.47. The van der Waals surface area contributed by atoms with Crippen LogP contribution in [0.25, 0.3) is 10.9 Å². The third-order valence-corrected chi connectivity index (χ3v) is 5.84. The van der Waals surface area contributed by atoms with Crippen LogP contribution < -0.4 is 5.32 Å². The molecular weight excluding hydrogens is 383 g/mol. The highest BCUT2D eigenvalue weighted by molar-refractivity contribution is 5.93. The van der Waals surface area contributed by atoms with E-state index in [-0.39, 0.29) is 19.3 Å². The zero-order valence-electron chi connectivity index (χ0n) is 16.8. The molecule has 0 radical (unpaired) electrons. The van der Waals surface area contributed by atoms with Crippen LogP contribution in [0.15, 0.2) is 24.3 Å². The minimum atomic E-state index is -4.26. The van der Waals surface area contributed by atoms with Crippen molar-refractivity contribution in [2.24, 2.45) is 0 Å². The maximum absolute atomic E-state index is 12.9. The Morgan fingerprint density at radius 1 is 1.10 bits per heavy atom. The Morgan fingerprint density at radius 2 is 1.76 bits per heavy atom. The van der Waals surface area contributed by atoms with Crippen molar-refractivity contribution in [3.8, 4) is 0 Å². The molecule has 3 rings (SSSR count). The molecule has 1 heterocycles. The lowest BCUT2D eigenvalue weighted by molar-refractivity contribution is -0.140. The van der Waals surface area contributed by atoms with E-state index >= 15 is 0 Å². The molecule has 0 aliphatic heterocycles. The molecule has 0 saturated heterocycles. The molecule has 1 saturated carbocycles. The normalized spacial score (nSPS) is 20.5. The van der Waals surface area contributed by atoms with E-state index < -0.39 is 12.7 Å². The summed E-state index contributed by atoms with van der Waals surface area (Å²) < 4.78 is 40.1. The van der Waals surface area contributed by atoms with Gasteiger partial charge in [0, 0.05) is 41.9 Å². The molecule has 1 aromatic carbocycles. The molecule has 1 aromatic heterocycles. The molecule has 2 aromatic rings. The minimum Gasteiger partial charge on any atom is -0.395 e. The summed E-state index contributed by atoms with van der Waals surface area (Å²) in [5, 5.41) is 22.8. The van der Waals surface area contributed by atoms with Gasteiger partial charge in [0.15, 0.2) is 0 Å². The van der Waals surface area contributed by atoms with Gasteiger partial charge >= 0.3 is 6.18 Å². The Labute approximate surface area is 169 Å². The fourth-order valence-corrected chi connectivity index (χ4v) is 4.47. The largest absolute Gasteiger partial charge is 0.406 e. The van der Waals surface area contributed by atoms with E-state index in [1.165, 1.54) is 4.57 Å². The highest BCUT2D eigenvalue weighted by Gasteiger charge is 2.30. The summed E-state index contributed by atoms with van der Waals surface area (Å²) in [6, 6.07) is 7.88. The lowest BCUT2D eigenvalue weighted by Gasteiger charge is -2.37. The van der Waals surface area contributed by atoms with Crippen LogP contribution in [0.2, 0.25) is 0 Å². The van der Waals surface area contributed by atoms with E-state index in [0.29, 0.717) is 30.3 Å². The van der Waals surface area contributed by atoms with E-state index in [9.17, 15) is 23.4 Å². The fraction of sp³-hybridized carbons (Fsp3) is 0.619. The van der Waals surface area contributed by atoms with Crippen LogP contribution in [0.3, 0.4) is 0 Å². The first kappa shape index (κ1) is 21.9. The van der Waals surface area contributed by atoms with Gasteiger partial charge in [0.2, 0.25) is 0 Å². The number of hydrogen-bond acceptors (Lipinski definition) is 4. The van der Waals surface area contributed by atoms with Crippen molar-refractivity contribution in [1.82, 2.24) is 9.47 Å². The quantitative estimate of drug-likeness (QED) is 0.620. The zero-order chi connectivity index (χ0) is 21.0. The second-order valence-corrected chi connectivity index (χ2v) is 7.86. The maximum atomic E-state index is 12.9. The van der Waals surface area contributed by atoms with Gasteiger partial charge < -0.3 is 20.1 Å². The molecule has 0 spiro atoms. The molecule has 0 bridgehead atoms. The van der Waals surface area contributed by atoms with Gasteiger partial charge in [0.1, 0.15) is 6.54 Å². The van der Waals surface area contributed by atoms with Gasteiger partial charge in [-0.05, 0) is 50.8 Å². The predicted molar refractivity (Wildman–Crippen MR) is 108 cm³/mol. The first-order valence-corrected chi connectivity index (χ1v) is 10.2. The smallest absolute Gasteiger partial charge is 0.395 e. The molecule has 0 atom stereocenters. The zero-order valence-corrected chi connectivity index (χ0v) is 16.8. The van der Waals surface area contributed by atoms with Crippen molar-refractivity contribution in [2.75, 3.05) is 31.6 Å². The van der Waals surface area contributed by atoms with Crippen LogP contribution in [0.5, 0.6) is 0 Å². The molecule has 1 fully saturated rings. The number of nitrogens with one attached hydrogen (secondary N) is 1. The predicted octanol–water partition coefficient (Wildman–Crippen LogP) is 3.52. The molecule has 0 unspecified atom stereocenters. The molecule has 8 heteroatoms. The average molecular weight is 413 g/mol. The van der Waals surface area contributed by atoms with Crippen molar-refractivity contribution < 1.29 is 23.4 Å². The number of aromatic nitrogens is 1. The summed E-state index contributed by atoms with van der Waals surface area (Å²) in [6.07, 6.45) is -0.454. The van der Waals surface area contributed by atoms with Gasteiger partial charge in [-0.3, -0.25) is 4.90 Å². The lowest BCUT2D eigenvalue weighted by Crippen LogP contribution is -2.43. The Hall–Kier alpha value is -1.77. The van der Waals surface area contributed by atoms with E-state index in [1.54, 1.807) is 19.1 Å². The summed E-state index contributed by atoms with van der Waals surface area (Å²) in [6.45, 7) is 2.01. The molecule has 5 nitrogen and oxygen atoms in total. The number of hydrogen-bond donors (Lipinski definition) is 3. The van der Waals surface area contributed by atoms with E-state index in [4.69, 9.17) is 0 Å². The van der Waals surface area contributed by atoms with E-state index in [2.05, 4.69) is 10.2 Å². The Balaban J connectivity index is 1.69. The lowest BCUT2D eigenvalue weighted by atomic mass is 9.89. The highest BCUT2D eigenvalue weighted by atomic mass is 19.4. The van der Waals surface area contributed by atoms with Crippen molar-refractivity contribution in [1.29, 1.82) is 0 Å². The molecule has 29 heavy (non-hydrogen) atoms. The maximum Gasteiger partial charge on any atom is 0.406 e. The van der Waals surface area contributed by atoms with Gasteiger partial charge in [0.05, 0.1) is 18.7 Å². The molecule has 1 aliphatic carbocycles. The first-order chi connectivity index (χ1) is 13.8. The number of aryl methyl sites for hydroxylation is 1. The monoisotopic (exact) mass is 413 g/mol. The molecular formula is C21H30F3N3O2. The minimum absolute atomic E-state index is 0.0778. The van der Waals surface area contributed by atoms with Crippen LogP contribution in [0, 0.1) is 6.92 Å². The summed E-state index contributed by atoms with van der Waals surface area (Å²) >= 11 is 0. The summed E-state index contributed by atoms with van der Waals surface area (Å²) in [4.78, 5) is 2.14. The Bertz CT molecular complexity index is 792. The van der Waals surface area contributed by atoms with Gasteiger partial charge in [-0.2, -0.15) is 13.2 Å². The molecule has 3 N–H and O–H groups in total. The number of rotatable bonds is 8. The average Bonchev–Trinajstić information content (AvgIpc) is 2.97. The second-order valence-electron chi connectivity index (χ2n) is 7.86. The number of halogens is 3. The third kappa shape index (κ3) is 5.43. The number of anilines is 1.